The van der Waals surface area contributed by atoms with Gasteiger partial charge in [0, 0.05) is 19.7 Å². The van der Waals surface area contributed by atoms with E-state index in [1.807, 2.05) is 0 Å². The summed E-state index contributed by atoms with van der Waals surface area (Å²) in [6.07, 6.45) is 0.764. The lowest BCUT2D eigenvalue weighted by molar-refractivity contribution is 0.112. The minimum Gasteiger partial charge on any atom is -0.467 e. The molecule has 0 amide bonds. The molecule has 0 aliphatic rings. The zero-order valence-corrected chi connectivity index (χ0v) is 11.4. The maximum atomic E-state index is 10.6. The van der Waals surface area contributed by atoms with E-state index >= 15 is 0 Å². The predicted octanol–water partition coefficient (Wildman–Crippen LogP) is 1.55. The number of carbonyl (C=O) groups is 1. The lowest BCUT2D eigenvalue weighted by atomic mass is 10.2. The largest absolute Gasteiger partial charge is 0.467 e. The summed E-state index contributed by atoms with van der Waals surface area (Å²) in [5.74, 6) is 0.949. The Morgan fingerprint density at radius 1 is 1.05 bits per heavy atom. The van der Waals surface area contributed by atoms with Crippen molar-refractivity contribution in [1.82, 2.24) is 15.0 Å². The summed E-state index contributed by atoms with van der Waals surface area (Å²) in [4.78, 5) is 24.5. The van der Waals surface area contributed by atoms with E-state index in [0.717, 1.165) is 6.29 Å². The van der Waals surface area contributed by atoms with Gasteiger partial charge in [-0.15, -0.1) is 4.98 Å². The smallest absolute Gasteiger partial charge is 0.330 e. The van der Waals surface area contributed by atoms with Gasteiger partial charge in [-0.2, -0.15) is 9.97 Å². The molecular formula is C13H14N4O3. The lowest BCUT2D eigenvalue weighted by Gasteiger charge is -2.12. The second kappa shape index (κ2) is 5.96. The molecule has 1 heterocycles. The summed E-state index contributed by atoms with van der Waals surface area (Å²) < 4.78 is 10.5. The highest BCUT2D eigenvalue weighted by molar-refractivity contribution is 5.74. The number of benzene rings is 1. The van der Waals surface area contributed by atoms with Crippen LogP contribution >= 0.6 is 0 Å². The molecule has 0 saturated carbocycles. The van der Waals surface area contributed by atoms with Crippen LogP contribution < -0.4 is 14.4 Å². The minimum atomic E-state index is 0.124. The van der Waals surface area contributed by atoms with Gasteiger partial charge < -0.3 is 14.4 Å². The molecule has 0 unspecified atom stereocenters. The highest BCUT2D eigenvalue weighted by Crippen LogP contribution is 2.21. The third-order valence-electron chi connectivity index (χ3n) is 2.39. The molecule has 1 aromatic carbocycles. The molecule has 0 N–H and O–H groups in total. The summed E-state index contributed by atoms with van der Waals surface area (Å²) in [7, 11) is 5.08. The van der Waals surface area contributed by atoms with Crippen LogP contribution in [0.15, 0.2) is 24.3 Å². The first-order chi connectivity index (χ1) is 9.62. The van der Waals surface area contributed by atoms with Gasteiger partial charge in [0.15, 0.2) is 0 Å². The molecule has 0 bridgehead atoms. The second-order valence-corrected chi connectivity index (χ2v) is 4.09. The van der Waals surface area contributed by atoms with Gasteiger partial charge in [0.05, 0.1) is 7.11 Å². The molecule has 2 aromatic rings. The summed E-state index contributed by atoms with van der Waals surface area (Å²) in [6, 6.07) is 6.91. The van der Waals surface area contributed by atoms with Crippen LogP contribution in [0, 0.1) is 0 Å². The van der Waals surface area contributed by atoms with E-state index < -0.39 is 0 Å². The van der Waals surface area contributed by atoms with Gasteiger partial charge in [-0.25, -0.2) is 0 Å². The van der Waals surface area contributed by atoms with Crippen LogP contribution in [0.5, 0.6) is 17.8 Å². The predicted molar refractivity (Wildman–Crippen MR) is 72.6 cm³/mol. The number of methoxy groups -OCH3 is 1. The number of rotatable bonds is 5. The Morgan fingerprint density at radius 2 is 1.70 bits per heavy atom. The fourth-order valence-corrected chi connectivity index (χ4v) is 1.38. The van der Waals surface area contributed by atoms with Crippen LogP contribution in [0.25, 0.3) is 0 Å². The van der Waals surface area contributed by atoms with Crippen LogP contribution in [0.2, 0.25) is 0 Å². The van der Waals surface area contributed by atoms with Gasteiger partial charge in [0.2, 0.25) is 5.95 Å². The van der Waals surface area contributed by atoms with Crippen molar-refractivity contribution in [2.45, 2.75) is 0 Å². The highest BCUT2D eigenvalue weighted by atomic mass is 16.5. The number of carbonyl (C=O) groups excluding carboxylic acids is 1. The van der Waals surface area contributed by atoms with Gasteiger partial charge in [0.1, 0.15) is 12.0 Å². The van der Waals surface area contributed by atoms with Crippen molar-refractivity contribution in [2.24, 2.45) is 0 Å². The number of hydrogen-bond donors (Lipinski definition) is 0. The van der Waals surface area contributed by atoms with Gasteiger partial charge in [-0.3, -0.25) is 4.79 Å². The number of nitrogens with zero attached hydrogens (tertiary/aromatic N) is 4. The van der Waals surface area contributed by atoms with E-state index in [2.05, 4.69) is 15.0 Å². The second-order valence-electron chi connectivity index (χ2n) is 4.09. The first-order valence-electron chi connectivity index (χ1n) is 5.83. The Balaban J connectivity index is 2.27. The molecular weight excluding hydrogens is 260 g/mol. The Labute approximate surface area is 116 Å². The first-order valence-corrected chi connectivity index (χ1v) is 5.83. The Morgan fingerprint density at radius 3 is 2.25 bits per heavy atom. The van der Waals surface area contributed by atoms with E-state index in [1.165, 1.54) is 7.11 Å². The van der Waals surface area contributed by atoms with E-state index in [9.17, 15) is 4.79 Å². The molecule has 104 valence electrons. The molecule has 0 aliphatic heterocycles. The zero-order valence-electron chi connectivity index (χ0n) is 11.4. The fourth-order valence-electron chi connectivity index (χ4n) is 1.38. The van der Waals surface area contributed by atoms with Crippen LogP contribution in [0.1, 0.15) is 10.4 Å². The van der Waals surface area contributed by atoms with Crippen LogP contribution in [0.3, 0.4) is 0 Å². The molecule has 0 atom stereocenters. The number of aldehydes is 1. The SMILES string of the molecule is COc1nc(Oc2ccc(C=O)cc2)nc(N(C)C)n1. The maximum Gasteiger partial charge on any atom is 0.330 e. The topological polar surface area (TPSA) is 77.4 Å². The molecule has 2 rings (SSSR count). The molecule has 0 fully saturated rings. The van der Waals surface area contributed by atoms with Crippen molar-refractivity contribution < 1.29 is 14.3 Å². The van der Waals surface area contributed by atoms with Gasteiger partial charge in [-0.1, -0.05) is 0 Å². The summed E-state index contributed by atoms with van der Waals surface area (Å²) in [5.41, 5.74) is 0.569. The van der Waals surface area contributed by atoms with Crippen LogP contribution in [-0.4, -0.2) is 42.4 Å². The normalized spacial score (nSPS) is 9.95. The minimum absolute atomic E-state index is 0.124. The summed E-state index contributed by atoms with van der Waals surface area (Å²) in [5, 5.41) is 0. The van der Waals surface area contributed by atoms with Crippen molar-refractivity contribution in [1.29, 1.82) is 0 Å². The highest BCUT2D eigenvalue weighted by Gasteiger charge is 2.10. The molecule has 0 spiro atoms. The quantitative estimate of drug-likeness (QED) is 0.765. The molecule has 0 radical (unpaired) electrons. The van der Waals surface area contributed by atoms with Gasteiger partial charge in [0.25, 0.3) is 0 Å². The Hall–Kier alpha value is -2.70. The van der Waals surface area contributed by atoms with Crippen LogP contribution in [0.4, 0.5) is 5.95 Å². The summed E-state index contributed by atoms with van der Waals surface area (Å²) in [6.45, 7) is 0. The Kier molecular flexibility index (Phi) is 4.09. The van der Waals surface area contributed by atoms with Crippen molar-refractivity contribution in [2.75, 3.05) is 26.1 Å². The maximum absolute atomic E-state index is 10.6. The van der Waals surface area contributed by atoms with Crippen molar-refractivity contribution in [3.8, 4) is 17.8 Å². The number of ether oxygens (including phenoxy) is 2. The third kappa shape index (κ3) is 3.19. The monoisotopic (exact) mass is 274 g/mol. The molecule has 0 saturated heterocycles. The lowest BCUT2D eigenvalue weighted by Crippen LogP contribution is -2.14. The average molecular weight is 274 g/mol. The first kappa shape index (κ1) is 13.7. The standard InChI is InChI=1S/C13H14N4O3/c1-17(2)11-14-12(19-3)16-13(15-11)20-10-6-4-9(8-18)5-7-10/h4-8H,1-3H3. The van der Waals surface area contributed by atoms with E-state index in [4.69, 9.17) is 9.47 Å². The number of hydrogen-bond acceptors (Lipinski definition) is 7. The van der Waals surface area contributed by atoms with Crippen molar-refractivity contribution in [3.63, 3.8) is 0 Å². The molecule has 7 nitrogen and oxygen atoms in total. The van der Waals surface area contributed by atoms with E-state index in [1.54, 1.807) is 43.3 Å². The molecule has 1 aromatic heterocycles. The molecule has 20 heavy (non-hydrogen) atoms. The van der Waals surface area contributed by atoms with Crippen molar-refractivity contribution in [3.05, 3.63) is 29.8 Å². The fraction of sp³-hybridized carbons (Fsp3) is 0.231. The molecule has 7 heteroatoms. The number of aromatic nitrogens is 3. The van der Waals surface area contributed by atoms with Gasteiger partial charge in [-0.05, 0) is 24.3 Å². The zero-order chi connectivity index (χ0) is 14.5. The van der Waals surface area contributed by atoms with Gasteiger partial charge >= 0.3 is 12.0 Å². The van der Waals surface area contributed by atoms with Crippen LogP contribution in [-0.2, 0) is 0 Å². The Bertz CT molecular complexity index is 599. The molecule has 0 aliphatic carbocycles. The average Bonchev–Trinajstić information content (AvgIpc) is 2.47. The van der Waals surface area contributed by atoms with Crippen molar-refractivity contribution >= 4 is 12.2 Å². The van der Waals surface area contributed by atoms with E-state index in [0.29, 0.717) is 17.3 Å². The summed E-state index contributed by atoms with van der Waals surface area (Å²) >= 11 is 0. The third-order valence-corrected chi connectivity index (χ3v) is 2.39. The number of anilines is 1. The van der Waals surface area contributed by atoms with E-state index in [-0.39, 0.29) is 12.0 Å².